The van der Waals surface area contributed by atoms with E-state index in [1.54, 1.807) is 0 Å². The largest absolute Gasteiger partial charge is 0.307 e. The Morgan fingerprint density at radius 1 is 0.600 bits per heavy atom. The van der Waals surface area contributed by atoms with Crippen LogP contribution in [0.3, 0.4) is 0 Å². The summed E-state index contributed by atoms with van der Waals surface area (Å²) in [7, 11) is 0. The molecule has 0 N–H and O–H groups in total. The highest BCUT2D eigenvalue weighted by atomic mass is 14.9. The van der Waals surface area contributed by atoms with Crippen LogP contribution in [0, 0.1) is 0 Å². The molecule has 6 aromatic rings. The van der Waals surface area contributed by atoms with Crippen LogP contribution < -0.4 is 0 Å². The number of hydrogen-bond donors (Lipinski definition) is 0. The zero-order valence-corrected chi connectivity index (χ0v) is 13.3. The quantitative estimate of drug-likeness (QED) is 0.279. The monoisotopic (exact) mass is 319 g/mol. The van der Waals surface area contributed by atoms with Crippen molar-refractivity contribution in [2.45, 2.75) is 0 Å². The maximum Gasteiger partial charge on any atom is 0.0949 e. The van der Waals surface area contributed by atoms with Crippen LogP contribution in [-0.4, -0.2) is 14.4 Å². The van der Waals surface area contributed by atoms with Crippen molar-refractivity contribution in [3.05, 3.63) is 79.1 Å². The van der Waals surface area contributed by atoms with Crippen LogP contribution in [0.5, 0.6) is 0 Å². The summed E-state index contributed by atoms with van der Waals surface area (Å²) in [6.07, 6.45) is 3.71. The number of rotatable bonds is 0. The lowest BCUT2D eigenvalue weighted by atomic mass is 10.1. The van der Waals surface area contributed by atoms with Gasteiger partial charge in [0.15, 0.2) is 0 Å². The molecule has 3 nitrogen and oxygen atoms in total. The first kappa shape index (κ1) is 12.9. The summed E-state index contributed by atoms with van der Waals surface area (Å²) < 4.78 is 2.33. The molecule has 25 heavy (non-hydrogen) atoms. The van der Waals surface area contributed by atoms with Crippen LogP contribution in [0.15, 0.2) is 79.1 Å². The summed E-state index contributed by atoms with van der Waals surface area (Å²) in [5.41, 5.74) is 5.58. The molecule has 0 spiro atoms. The van der Waals surface area contributed by atoms with E-state index in [9.17, 15) is 0 Å². The van der Waals surface area contributed by atoms with Crippen LogP contribution in [0.2, 0.25) is 0 Å². The minimum Gasteiger partial charge on any atom is -0.307 e. The third-order valence-electron chi connectivity index (χ3n) is 5.01. The summed E-state index contributed by atoms with van der Waals surface area (Å²) in [6, 6.07) is 23.4. The zero-order valence-electron chi connectivity index (χ0n) is 13.3. The van der Waals surface area contributed by atoms with Crippen molar-refractivity contribution >= 4 is 49.1 Å². The molecule has 0 saturated heterocycles. The van der Waals surface area contributed by atoms with Crippen molar-refractivity contribution in [1.82, 2.24) is 14.4 Å². The second kappa shape index (κ2) is 4.54. The fourth-order valence-corrected chi connectivity index (χ4v) is 3.92. The van der Waals surface area contributed by atoms with E-state index >= 15 is 0 Å². The van der Waals surface area contributed by atoms with Gasteiger partial charge >= 0.3 is 0 Å². The Morgan fingerprint density at radius 2 is 1.40 bits per heavy atom. The summed E-state index contributed by atoms with van der Waals surface area (Å²) in [5.74, 6) is 0. The van der Waals surface area contributed by atoms with Gasteiger partial charge in [0.2, 0.25) is 0 Å². The Bertz CT molecular complexity index is 1440. The van der Waals surface area contributed by atoms with Crippen molar-refractivity contribution < 1.29 is 0 Å². The first-order chi connectivity index (χ1) is 12.4. The van der Waals surface area contributed by atoms with E-state index < -0.39 is 0 Å². The molecule has 0 aliphatic heterocycles. The third kappa shape index (κ3) is 1.64. The highest BCUT2D eigenvalue weighted by molar-refractivity contribution is 6.16. The number of nitrogens with zero attached hydrogens (tertiary/aromatic N) is 3. The van der Waals surface area contributed by atoms with E-state index in [-0.39, 0.29) is 0 Å². The summed E-state index contributed by atoms with van der Waals surface area (Å²) >= 11 is 0. The van der Waals surface area contributed by atoms with Gasteiger partial charge in [0.1, 0.15) is 0 Å². The molecule has 0 atom stereocenters. The zero-order chi connectivity index (χ0) is 16.4. The van der Waals surface area contributed by atoms with E-state index in [2.05, 4.69) is 64.0 Å². The van der Waals surface area contributed by atoms with Crippen LogP contribution in [0.1, 0.15) is 0 Å². The highest BCUT2D eigenvalue weighted by Gasteiger charge is 2.13. The molecule has 0 unspecified atom stereocenters. The van der Waals surface area contributed by atoms with Gasteiger partial charge in [-0.3, -0.25) is 9.97 Å². The maximum atomic E-state index is 4.69. The number of pyridine rings is 3. The van der Waals surface area contributed by atoms with Gasteiger partial charge in [-0.1, -0.05) is 30.3 Å². The van der Waals surface area contributed by atoms with Gasteiger partial charge in [0.05, 0.1) is 27.6 Å². The smallest absolute Gasteiger partial charge is 0.0949 e. The molecule has 0 bridgehead atoms. The van der Waals surface area contributed by atoms with Crippen molar-refractivity contribution in [3.8, 4) is 0 Å². The van der Waals surface area contributed by atoms with Crippen LogP contribution >= 0.6 is 0 Å². The molecule has 0 amide bonds. The van der Waals surface area contributed by atoms with Gasteiger partial charge in [0.25, 0.3) is 0 Å². The number of fused-ring (bicyclic) bond motifs is 9. The Balaban J connectivity index is 2.03. The van der Waals surface area contributed by atoms with Crippen molar-refractivity contribution in [2.75, 3.05) is 0 Å². The van der Waals surface area contributed by atoms with Gasteiger partial charge in [0, 0.05) is 33.9 Å². The minimum atomic E-state index is 1.01. The Hall–Kier alpha value is -3.46. The molecule has 6 rings (SSSR count). The van der Waals surface area contributed by atoms with E-state index in [0.29, 0.717) is 0 Å². The van der Waals surface area contributed by atoms with Crippen molar-refractivity contribution in [1.29, 1.82) is 0 Å². The van der Waals surface area contributed by atoms with E-state index in [4.69, 9.17) is 4.98 Å². The van der Waals surface area contributed by atoms with Gasteiger partial charge in [-0.2, -0.15) is 0 Å². The molecular formula is C22H13N3. The van der Waals surface area contributed by atoms with Crippen molar-refractivity contribution in [3.63, 3.8) is 0 Å². The average molecular weight is 319 g/mol. The molecule has 0 aliphatic rings. The van der Waals surface area contributed by atoms with E-state index in [0.717, 1.165) is 21.9 Å². The number of hydrogen-bond acceptors (Lipinski definition) is 2. The predicted octanol–water partition coefficient (Wildman–Crippen LogP) is 5.34. The maximum absolute atomic E-state index is 4.69. The summed E-state index contributed by atoms with van der Waals surface area (Å²) in [4.78, 5) is 9.23. The molecule has 0 fully saturated rings. The predicted molar refractivity (Wildman–Crippen MR) is 103 cm³/mol. The first-order valence-corrected chi connectivity index (χ1v) is 8.35. The molecule has 0 radical (unpaired) electrons. The van der Waals surface area contributed by atoms with E-state index in [1.807, 2.05) is 24.5 Å². The Morgan fingerprint density at radius 3 is 2.40 bits per heavy atom. The minimum absolute atomic E-state index is 1.01. The average Bonchev–Trinajstić information content (AvgIpc) is 3.07. The fraction of sp³-hybridized carbons (Fsp3) is 0. The van der Waals surface area contributed by atoms with Crippen LogP contribution in [0.25, 0.3) is 49.1 Å². The molecule has 116 valence electrons. The van der Waals surface area contributed by atoms with Crippen LogP contribution in [-0.2, 0) is 0 Å². The number of aromatic nitrogens is 3. The fourth-order valence-electron chi connectivity index (χ4n) is 3.92. The lowest BCUT2D eigenvalue weighted by molar-refractivity contribution is 1.32. The Kier molecular flexibility index (Phi) is 2.35. The topological polar surface area (TPSA) is 30.2 Å². The Labute approximate surface area is 143 Å². The number of para-hydroxylation sites is 1. The first-order valence-electron chi connectivity index (χ1n) is 8.35. The SMILES string of the molecule is c1cnc2cc3c4cccnc4c4cc5ccccc5n4c3cc2c1. The normalized spacial score (nSPS) is 12.0. The highest BCUT2D eigenvalue weighted by Crippen LogP contribution is 2.34. The molecule has 4 heterocycles. The summed E-state index contributed by atoms with van der Waals surface area (Å²) in [6.45, 7) is 0. The molecule has 0 saturated carbocycles. The second-order valence-electron chi connectivity index (χ2n) is 6.39. The standard InChI is InChI=1S/C22H13N3/c1-2-8-19-15(5-1)12-21-22-16(7-4-10-24-22)17-13-18-14(6-3-9-23-18)11-20(17)25(19)21/h1-13H. The lowest BCUT2D eigenvalue weighted by Gasteiger charge is -2.10. The molecule has 2 aromatic carbocycles. The molecule has 4 aromatic heterocycles. The molecule has 3 heteroatoms. The van der Waals surface area contributed by atoms with Gasteiger partial charge < -0.3 is 4.40 Å². The van der Waals surface area contributed by atoms with Crippen molar-refractivity contribution in [2.24, 2.45) is 0 Å². The lowest BCUT2D eigenvalue weighted by Crippen LogP contribution is -1.93. The van der Waals surface area contributed by atoms with Gasteiger partial charge in [-0.05, 0) is 36.4 Å². The third-order valence-corrected chi connectivity index (χ3v) is 5.01. The second-order valence-corrected chi connectivity index (χ2v) is 6.39. The molecular weight excluding hydrogens is 306 g/mol. The summed E-state index contributed by atoms with van der Waals surface area (Å²) in [5, 5.41) is 4.73. The van der Waals surface area contributed by atoms with Gasteiger partial charge in [-0.15, -0.1) is 0 Å². The van der Waals surface area contributed by atoms with E-state index in [1.165, 1.54) is 27.2 Å². The van der Waals surface area contributed by atoms with Gasteiger partial charge in [-0.25, -0.2) is 0 Å². The molecule has 0 aliphatic carbocycles. The number of benzene rings is 2. The van der Waals surface area contributed by atoms with Crippen LogP contribution in [0.4, 0.5) is 0 Å².